The predicted molar refractivity (Wildman–Crippen MR) is 273 cm³/mol. The number of fused-ring (bicyclic) bond motifs is 9. The van der Waals surface area contributed by atoms with Crippen molar-refractivity contribution in [2.45, 2.75) is 0 Å². The molecule has 0 N–H and O–H groups in total. The van der Waals surface area contributed by atoms with Gasteiger partial charge in [-0.3, -0.25) is 0 Å². The molecule has 4 nitrogen and oxygen atoms in total. The molecule has 0 fully saturated rings. The molecule has 304 valence electrons. The van der Waals surface area contributed by atoms with E-state index < -0.39 is 0 Å². The molecule has 0 amide bonds. The van der Waals surface area contributed by atoms with Crippen LogP contribution in [0.3, 0.4) is 0 Å². The Kier molecular flexibility index (Phi) is 8.68. The van der Waals surface area contributed by atoms with E-state index in [1.165, 1.54) is 47.5 Å². The lowest BCUT2D eigenvalue weighted by Crippen LogP contribution is -1.99. The van der Waals surface area contributed by atoms with E-state index in [1.54, 1.807) is 0 Å². The molecule has 0 aliphatic rings. The summed E-state index contributed by atoms with van der Waals surface area (Å²) in [6, 6.07) is 78.1. The molecule has 8 aromatic carbocycles. The van der Waals surface area contributed by atoms with Gasteiger partial charge in [-0.2, -0.15) is 0 Å². The van der Waals surface area contributed by atoms with Gasteiger partial charge in [-0.1, -0.05) is 170 Å². The third kappa shape index (κ3) is 6.28. The van der Waals surface area contributed by atoms with E-state index in [2.05, 4.69) is 240 Å². The summed E-state index contributed by atoms with van der Waals surface area (Å²) in [6.45, 7) is 0. The first-order chi connectivity index (χ1) is 32.2. The zero-order valence-corrected chi connectivity index (χ0v) is 36.0. The number of nitrogens with zero attached hydrogens (tertiary/aromatic N) is 4. The van der Waals surface area contributed by atoms with Crippen molar-refractivity contribution < 1.29 is 0 Å². The number of aromatic nitrogens is 4. The number of benzene rings is 8. The molecule has 13 aromatic rings. The van der Waals surface area contributed by atoms with Gasteiger partial charge >= 0.3 is 0 Å². The molecule has 0 bridgehead atoms. The first-order valence-electron chi connectivity index (χ1n) is 22.0. The van der Waals surface area contributed by atoms with Gasteiger partial charge in [0.25, 0.3) is 0 Å². The minimum Gasteiger partial charge on any atom is -0.316 e. The first kappa shape index (κ1) is 37.2. The average molecular weight is 847 g/mol. The van der Waals surface area contributed by atoms with Crippen LogP contribution in [0.4, 0.5) is 0 Å². The van der Waals surface area contributed by atoms with Crippen LogP contribution >= 0.6 is 11.3 Å². The van der Waals surface area contributed by atoms with Gasteiger partial charge in [0.15, 0.2) is 0 Å². The fraction of sp³-hybridized carbons (Fsp3) is 0. The van der Waals surface area contributed by atoms with Crippen molar-refractivity contribution in [3.8, 4) is 67.5 Å². The quantitative estimate of drug-likeness (QED) is 0.160. The summed E-state index contributed by atoms with van der Waals surface area (Å²) in [5.41, 5.74) is 14.8. The molecular weight excluding hydrogens is 809 g/mol. The Hall–Kier alpha value is -8.38. The van der Waals surface area contributed by atoms with E-state index in [9.17, 15) is 0 Å². The SMILES string of the molecule is c1ccc(-c2cc(-n3ccc4c5cc(-c6cccc7c6sc6ccccc67)ccc5c5c(ccn5-c5cc(-c6ccccc6)nc(-c6ccccc6)c5)c43)cc(-c3ccccc3)n2)cc1. The van der Waals surface area contributed by atoms with Crippen molar-refractivity contribution in [3.63, 3.8) is 0 Å². The number of hydrogen-bond acceptors (Lipinski definition) is 3. The zero-order valence-electron chi connectivity index (χ0n) is 35.1. The van der Waals surface area contributed by atoms with Gasteiger partial charge in [-0.05, 0) is 65.0 Å². The third-order valence-electron chi connectivity index (χ3n) is 12.8. The topological polar surface area (TPSA) is 35.6 Å². The third-order valence-corrected chi connectivity index (χ3v) is 14.0. The van der Waals surface area contributed by atoms with Gasteiger partial charge in [-0.25, -0.2) is 9.97 Å². The normalized spacial score (nSPS) is 11.7. The van der Waals surface area contributed by atoms with E-state index in [0.717, 1.165) is 72.8 Å². The predicted octanol–water partition coefficient (Wildman–Crippen LogP) is 16.2. The number of rotatable bonds is 7. The molecule has 5 heteroatoms. The lowest BCUT2D eigenvalue weighted by Gasteiger charge is -2.16. The molecule has 13 rings (SSSR count). The van der Waals surface area contributed by atoms with Crippen molar-refractivity contribution in [2.24, 2.45) is 0 Å². The van der Waals surface area contributed by atoms with E-state index in [-0.39, 0.29) is 0 Å². The van der Waals surface area contributed by atoms with Crippen LogP contribution in [0.1, 0.15) is 0 Å². The molecular formula is C60H38N4S. The van der Waals surface area contributed by atoms with Gasteiger partial charge in [0.1, 0.15) is 0 Å². The van der Waals surface area contributed by atoms with Gasteiger partial charge in [0, 0.05) is 82.4 Å². The summed E-state index contributed by atoms with van der Waals surface area (Å²) < 4.78 is 7.36. The summed E-state index contributed by atoms with van der Waals surface area (Å²) >= 11 is 1.88. The highest BCUT2D eigenvalue weighted by Gasteiger charge is 2.21. The molecule has 65 heavy (non-hydrogen) atoms. The lowest BCUT2D eigenvalue weighted by molar-refractivity contribution is 1.11. The molecule has 0 aliphatic carbocycles. The molecule has 5 heterocycles. The van der Waals surface area contributed by atoms with Crippen molar-refractivity contribution in [3.05, 3.63) is 231 Å². The van der Waals surface area contributed by atoms with Crippen molar-refractivity contribution in [1.29, 1.82) is 0 Å². The Bertz CT molecular complexity index is 3810. The maximum absolute atomic E-state index is 5.25. The summed E-state index contributed by atoms with van der Waals surface area (Å²) in [6.07, 6.45) is 4.48. The Morgan fingerprint density at radius 1 is 0.308 bits per heavy atom. The maximum Gasteiger partial charge on any atom is 0.0730 e. The number of hydrogen-bond donors (Lipinski definition) is 0. The Labute approximate surface area is 379 Å². The standard InChI is InChI=1S/C60H38N4S/c1-5-16-39(17-6-1)53-35-44(36-54(61-53)40-18-7-2-8-19-40)63-32-30-49-52-34-43(46-25-15-26-50-47-24-13-14-27-57(47)65-60(46)50)28-29-48(52)58-51(59(49)63)31-33-64(58)45-37-55(41-20-9-3-10-21-41)62-56(38-45)42-22-11-4-12-23-42/h1-38H. The Morgan fingerprint density at radius 2 is 0.754 bits per heavy atom. The smallest absolute Gasteiger partial charge is 0.0730 e. The van der Waals surface area contributed by atoms with Crippen LogP contribution in [0.15, 0.2) is 231 Å². The van der Waals surface area contributed by atoms with Crippen LogP contribution in [-0.4, -0.2) is 19.1 Å². The average Bonchev–Trinajstić information content (AvgIpc) is 4.14. The maximum atomic E-state index is 5.25. The van der Waals surface area contributed by atoms with E-state index in [0.29, 0.717) is 0 Å². The molecule has 0 spiro atoms. The molecule has 0 aliphatic heterocycles. The first-order valence-corrected chi connectivity index (χ1v) is 22.8. The number of pyridine rings is 2. The van der Waals surface area contributed by atoms with Gasteiger partial charge in [0.05, 0.1) is 33.8 Å². The van der Waals surface area contributed by atoms with Crippen LogP contribution in [-0.2, 0) is 0 Å². The van der Waals surface area contributed by atoms with E-state index in [1.807, 2.05) is 11.3 Å². The molecule has 0 radical (unpaired) electrons. The minimum atomic E-state index is 0.926. The fourth-order valence-corrected chi connectivity index (χ4v) is 10.9. The van der Waals surface area contributed by atoms with Crippen molar-refractivity contribution in [2.75, 3.05) is 0 Å². The second-order valence-electron chi connectivity index (χ2n) is 16.6. The Balaban J connectivity index is 1.11. The Morgan fingerprint density at radius 3 is 1.28 bits per heavy atom. The second kappa shape index (κ2) is 15.2. The highest BCUT2D eigenvalue weighted by molar-refractivity contribution is 7.26. The molecule has 5 aromatic heterocycles. The van der Waals surface area contributed by atoms with Crippen LogP contribution in [0, 0.1) is 0 Å². The second-order valence-corrected chi connectivity index (χ2v) is 17.6. The lowest BCUT2D eigenvalue weighted by atomic mass is 9.96. The molecule has 0 saturated carbocycles. The molecule has 0 unspecified atom stereocenters. The van der Waals surface area contributed by atoms with E-state index >= 15 is 0 Å². The largest absolute Gasteiger partial charge is 0.316 e. The van der Waals surface area contributed by atoms with Crippen LogP contribution in [0.25, 0.3) is 120 Å². The van der Waals surface area contributed by atoms with E-state index in [4.69, 9.17) is 9.97 Å². The highest BCUT2D eigenvalue weighted by atomic mass is 32.1. The van der Waals surface area contributed by atoms with Crippen LogP contribution in [0.5, 0.6) is 0 Å². The zero-order chi connectivity index (χ0) is 42.8. The summed E-state index contributed by atoms with van der Waals surface area (Å²) in [5, 5.41) is 7.34. The monoisotopic (exact) mass is 846 g/mol. The highest BCUT2D eigenvalue weighted by Crippen LogP contribution is 2.44. The van der Waals surface area contributed by atoms with Crippen LogP contribution < -0.4 is 0 Å². The molecule has 0 saturated heterocycles. The van der Waals surface area contributed by atoms with Gasteiger partial charge < -0.3 is 9.13 Å². The number of thiophene rings is 1. The summed E-state index contributed by atoms with van der Waals surface area (Å²) in [4.78, 5) is 10.5. The summed E-state index contributed by atoms with van der Waals surface area (Å²) in [5.74, 6) is 0. The van der Waals surface area contributed by atoms with Crippen molar-refractivity contribution >= 4 is 64.1 Å². The van der Waals surface area contributed by atoms with Gasteiger partial charge in [0.2, 0.25) is 0 Å². The van der Waals surface area contributed by atoms with Crippen molar-refractivity contribution in [1.82, 2.24) is 19.1 Å². The van der Waals surface area contributed by atoms with Crippen LogP contribution in [0.2, 0.25) is 0 Å². The fourth-order valence-electron chi connectivity index (χ4n) is 9.71. The molecule has 0 atom stereocenters. The minimum absolute atomic E-state index is 0.926. The van der Waals surface area contributed by atoms with Gasteiger partial charge in [-0.15, -0.1) is 11.3 Å². The summed E-state index contributed by atoms with van der Waals surface area (Å²) in [7, 11) is 0.